The first-order valence-corrected chi connectivity index (χ1v) is 10.9. The Morgan fingerprint density at radius 1 is 1.37 bits per heavy atom. The number of nitrogens with zero attached hydrogens (tertiary/aromatic N) is 2. The molecule has 1 N–H and O–H groups in total. The van der Waals surface area contributed by atoms with E-state index in [1.807, 2.05) is 0 Å². The molecule has 0 unspecified atom stereocenters. The van der Waals surface area contributed by atoms with Crippen molar-refractivity contribution in [2.45, 2.75) is 30.2 Å². The molecular formula is C18H20F3N3O5S. The van der Waals surface area contributed by atoms with E-state index in [-0.39, 0.29) is 23.6 Å². The predicted octanol–water partition coefficient (Wildman–Crippen LogP) is 1.57. The molecule has 8 nitrogen and oxygen atoms in total. The van der Waals surface area contributed by atoms with E-state index in [0.717, 1.165) is 10.8 Å². The molecule has 0 atom stereocenters. The lowest BCUT2D eigenvalue weighted by atomic mass is 10.1. The van der Waals surface area contributed by atoms with Crippen LogP contribution in [0.3, 0.4) is 0 Å². The van der Waals surface area contributed by atoms with Crippen LogP contribution in [0, 0.1) is 0 Å². The molecular weight excluding hydrogens is 427 g/mol. The van der Waals surface area contributed by atoms with Gasteiger partial charge in [-0.2, -0.15) is 13.2 Å². The van der Waals surface area contributed by atoms with E-state index in [9.17, 15) is 31.2 Å². The van der Waals surface area contributed by atoms with E-state index in [2.05, 4.69) is 10.3 Å². The number of hydrogen-bond acceptors (Lipinski definition) is 6. The van der Waals surface area contributed by atoms with Crippen molar-refractivity contribution in [1.29, 1.82) is 0 Å². The lowest BCUT2D eigenvalue weighted by molar-refractivity contribution is -0.132. The number of pyridine rings is 2. The number of alkyl halides is 3. The fraction of sp³-hybridized carbons (Fsp3) is 0.500. The van der Waals surface area contributed by atoms with E-state index in [0.29, 0.717) is 18.2 Å². The lowest BCUT2D eigenvalue weighted by Gasteiger charge is -2.16. The topological polar surface area (TPSA) is 107 Å². The van der Waals surface area contributed by atoms with Crippen LogP contribution in [0.2, 0.25) is 0 Å². The van der Waals surface area contributed by atoms with Crippen LogP contribution in [0.1, 0.15) is 29.6 Å². The smallest absolute Gasteiger partial charge is 0.390 e. The summed E-state index contributed by atoms with van der Waals surface area (Å²) in [6.45, 7) is -0.770. The van der Waals surface area contributed by atoms with Crippen molar-refractivity contribution in [2.75, 3.05) is 19.4 Å². The van der Waals surface area contributed by atoms with Crippen molar-refractivity contribution in [2.24, 2.45) is 7.05 Å². The number of halogens is 3. The molecule has 12 heteroatoms. The molecule has 1 aliphatic rings. The number of hydrogen-bond donors (Lipinski definition) is 1. The normalized spacial score (nSPS) is 15.8. The molecule has 2 aromatic heterocycles. The average Bonchev–Trinajstić information content (AvgIpc) is 3.42. The number of carbonyl (C=O) groups excluding carboxylic acids is 1. The summed E-state index contributed by atoms with van der Waals surface area (Å²) >= 11 is 0. The summed E-state index contributed by atoms with van der Waals surface area (Å²) < 4.78 is 66.4. The zero-order chi connectivity index (χ0) is 22.3. The van der Waals surface area contributed by atoms with Gasteiger partial charge in [0.1, 0.15) is 22.4 Å². The molecule has 1 amide bonds. The third-order valence-corrected chi connectivity index (χ3v) is 7.20. The zero-order valence-electron chi connectivity index (χ0n) is 16.2. The summed E-state index contributed by atoms with van der Waals surface area (Å²) in [5.41, 5.74) is -0.813. The quantitative estimate of drug-likeness (QED) is 0.691. The minimum atomic E-state index is -4.43. The van der Waals surface area contributed by atoms with Crippen LogP contribution in [0.4, 0.5) is 13.2 Å². The van der Waals surface area contributed by atoms with Crippen LogP contribution in [0.5, 0.6) is 5.88 Å². The number of carbonyl (C=O) groups is 1. The Morgan fingerprint density at radius 3 is 2.60 bits per heavy atom. The highest BCUT2D eigenvalue weighted by Gasteiger charge is 2.53. The Kier molecular flexibility index (Phi) is 5.56. The fourth-order valence-corrected chi connectivity index (χ4v) is 4.16. The molecule has 0 saturated heterocycles. The third-order valence-electron chi connectivity index (χ3n) is 5.10. The van der Waals surface area contributed by atoms with Crippen molar-refractivity contribution in [3.05, 3.63) is 34.2 Å². The van der Waals surface area contributed by atoms with Crippen molar-refractivity contribution in [1.82, 2.24) is 14.9 Å². The number of ether oxygens (including phenoxy) is 1. The zero-order valence-corrected chi connectivity index (χ0v) is 17.1. The van der Waals surface area contributed by atoms with Gasteiger partial charge in [-0.15, -0.1) is 0 Å². The first-order valence-electron chi connectivity index (χ1n) is 9.01. The van der Waals surface area contributed by atoms with Crippen molar-refractivity contribution >= 4 is 26.6 Å². The first kappa shape index (κ1) is 22.1. The minimum absolute atomic E-state index is 0.0334. The van der Waals surface area contributed by atoms with Gasteiger partial charge in [0.15, 0.2) is 9.84 Å². The van der Waals surface area contributed by atoms with E-state index in [1.54, 1.807) is 0 Å². The van der Waals surface area contributed by atoms with Crippen molar-refractivity contribution in [3.8, 4) is 5.88 Å². The van der Waals surface area contributed by atoms with Gasteiger partial charge in [0.2, 0.25) is 5.88 Å². The largest absolute Gasteiger partial charge is 0.474 e. The van der Waals surface area contributed by atoms with E-state index < -0.39 is 45.2 Å². The first-order chi connectivity index (χ1) is 13.8. The SMILES string of the molecule is Cn1c(=O)c(C(=O)NCCC(F)(F)F)cc2ccnc(OCC3(S(C)(=O)=O)CC3)c21. The molecule has 0 aromatic carbocycles. The number of sulfone groups is 1. The van der Waals surface area contributed by atoms with Crippen LogP contribution >= 0.6 is 0 Å². The number of aromatic nitrogens is 2. The summed E-state index contributed by atoms with van der Waals surface area (Å²) in [4.78, 5) is 28.9. The summed E-state index contributed by atoms with van der Waals surface area (Å²) in [5.74, 6) is -0.888. The summed E-state index contributed by atoms with van der Waals surface area (Å²) in [6, 6.07) is 2.76. The average molecular weight is 447 g/mol. The minimum Gasteiger partial charge on any atom is -0.474 e. The monoisotopic (exact) mass is 447 g/mol. The van der Waals surface area contributed by atoms with Crippen LogP contribution in [-0.2, 0) is 16.9 Å². The molecule has 164 valence electrons. The molecule has 1 fully saturated rings. The highest BCUT2D eigenvalue weighted by atomic mass is 32.2. The molecule has 0 bridgehead atoms. The second-order valence-corrected chi connectivity index (χ2v) is 9.75. The Morgan fingerprint density at radius 2 is 2.03 bits per heavy atom. The molecule has 3 rings (SSSR count). The Labute approximate surface area is 170 Å². The molecule has 2 heterocycles. The summed E-state index contributed by atoms with van der Waals surface area (Å²) in [7, 11) is -1.95. The number of aryl methyl sites for hydroxylation is 1. The number of fused-ring (bicyclic) bond motifs is 1. The number of rotatable bonds is 7. The van der Waals surface area contributed by atoms with Gasteiger partial charge in [-0.05, 0) is 25.0 Å². The third kappa shape index (κ3) is 4.42. The molecule has 1 saturated carbocycles. The Hall–Kier alpha value is -2.63. The van der Waals surface area contributed by atoms with E-state index in [1.165, 1.54) is 25.4 Å². The molecule has 0 radical (unpaired) electrons. The van der Waals surface area contributed by atoms with Gasteiger partial charge >= 0.3 is 6.18 Å². The van der Waals surface area contributed by atoms with Crippen LogP contribution in [-0.4, -0.2) is 54.2 Å². The number of amides is 1. The van der Waals surface area contributed by atoms with E-state index >= 15 is 0 Å². The highest BCUT2D eigenvalue weighted by Crippen LogP contribution is 2.43. The summed E-state index contributed by atoms with van der Waals surface area (Å²) in [6.07, 6.45) is -2.19. The predicted molar refractivity (Wildman–Crippen MR) is 102 cm³/mol. The van der Waals surface area contributed by atoms with Gasteiger partial charge in [-0.3, -0.25) is 9.59 Å². The highest BCUT2D eigenvalue weighted by molar-refractivity contribution is 7.92. The van der Waals surface area contributed by atoms with Crippen LogP contribution in [0.25, 0.3) is 10.9 Å². The fourth-order valence-electron chi connectivity index (χ4n) is 3.04. The summed E-state index contributed by atoms with van der Waals surface area (Å²) in [5, 5.41) is 2.48. The molecule has 0 spiro atoms. The van der Waals surface area contributed by atoms with Gasteiger partial charge in [0.25, 0.3) is 11.5 Å². The van der Waals surface area contributed by atoms with Gasteiger partial charge in [0.05, 0.1) is 6.42 Å². The lowest BCUT2D eigenvalue weighted by Crippen LogP contribution is -2.34. The van der Waals surface area contributed by atoms with E-state index in [4.69, 9.17) is 4.74 Å². The van der Waals surface area contributed by atoms with Gasteiger partial charge in [0, 0.05) is 31.4 Å². The standard InChI is InChI=1S/C18H20F3N3O5S/c1-24-13-11(9-12(16(24)26)14(25)22-8-6-18(19,20)21)3-7-23-15(13)29-10-17(4-5-17)30(2,27)28/h3,7,9H,4-6,8,10H2,1-2H3,(H,22,25). The van der Waals surface area contributed by atoms with Crippen LogP contribution in [0.15, 0.2) is 23.1 Å². The van der Waals surface area contributed by atoms with Crippen molar-refractivity contribution < 1.29 is 31.1 Å². The maximum atomic E-state index is 12.6. The molecule has 2 aromatic rings. The molecule has 0 aliphatic heterocycles. The van der Waals surface area contributed by atoms with Crippen molar-refractivity contribution in [3.63, 3.8) is 0 Å². The Balaban J connectivity index is 1.88. The maximum Gasteiger partial charge on any atom is 0.390 e. The second-order valence-electron chi connectivity index (χ2n) is 7.34. The van der Waals surface area contributed by atoms with Crippen LogP contribution < -0.4 is 15.6 Å². The maximum absolute atomic E-state index is 12.6. The van der Waals surface area contributed by atoms with Gasteiger partial charge in [-0.25, -0.2) is 13.4 Å². The molecule has 1 aliphatic carbocycles. The van der Waals surface area contributed by atoms with Gasteiger partial charge in [-0.1, -0.05) is 0 Å². The second kappa shape index (κ2) is 7.56. The number of nitrogens with one attached hydrogen (secondary N) is 1. The van der Waals surface area contributed by atoms with Gasteiger partial charge < -0.3 is 14.6 Å². The Bertz CT molecular complexity index is 1150. The molecule has 30 heavy (non-hydrogen) atoms.